The highest BCUT2D eigenvalue weighted by Crippen LogP contribution is 2.41. The summed E-state index contributed by atoms with van der Waals surface area (Å²) in [5, 5.41) is 10.1. The third kappa shape index (κ3) is 4.70. The molecule has 2 heterocycles. The van der Waals surface area contributed by atoms with E-state index in [2.05, 4.69) is 25.4 Å². The average Bonchev–Trinajstić information content (AvgIpc) is 2.78. The standard InChI is InChI=1S/C11H14BrN2O8P/c12-3-1-7(22-23(18,19)20)10-6(15)5-9(21-10)14-4-2-8(16)13-11(14)17/h1-4,6-7,9-10,15H,5H2,(H,13,16,17)(H2,18,19,20)/b3-1+/t6-,7-,9+,10-/m0/s1. The molecule has 1 aromatic rings. The smallest absolute Gasteiger partial charge is 0.390 e. The second-order valence-electron chi connectivity index (χ2n) is 4.75. The van der Waals surface area contributed by atoms with Crippen molar-refractivity contribution in [2.45, 2.75) is 31.0 Å². The Morgan fingerprint density at radius 3 is 2.78 bits per heavy atom. The van der Waals surface area contributed by atoms with Crippen molar-refractivity contribution >= 4 is 23.8 Å². The first-order valence-electron chi connectivity index (χ1n) is 6.37. The number of nitrogens with one attached hydrogen (secondary N) is 1. The summed E-state index contributed by atoms with van der Waals surface area (Å²) in [4.78, 5) is 44.0. The molecule has 23 heavy (non-hydrogen) atoms. The Morgan fingerprint density at radius 1 is 1.52 bits per heavy atom. The van der Waals surface area contributed by atoms with E-state index in [1.54, 1.807) is 0 Å². The van der Waals surface area contributed by atoms with E-state index in [4.69, 9.17) is 14.5 Å². The maximum absolute atomic E-state index is 11.7. The number of aromatic nitrogens is 2. The van der Waals surface area contributed by atoms with Crippen LogP contribution in [0, 0.1) is 0 Å². The molecule has 0 radical (unpaired) electrons. The molecule has 0 bridgehead atoms. The minimum absolute atomic E-state index is 0.0201. The fraction of sp³-hybridized carbons (Fsp3) is 0.455. The predicted octanol–water partition coefficient (Wildman–Crippen LogP) is -0.429. The van der Waals surface area contributed by atoms with Gasteiger partial charge in [0, 0.05) is 18.7 Å². The van der Waals surface area contributed by atoms with Crippen LogP contribution in [0.4, 0.5) is 0 Å². The van der Waals surface area contributed by atoms with Crippen LogP contribution in [-0.2, 0) is 13.8 Å². The number of nitrogens with zero attached hydrogens (tertiary/aromatic N) is 1. The number of halogens is 1. The van der Waals surface area contributed by atoms with Gasteiger partial charge in [-0.25, -0.2) is 9.36 Å². The van der Waals surface area contributed by atoms with Crippen molar-refractivity contribution in [1.82, 2.24) is 9.55 Å². The second-order valence-corrected chi connectivity index (χ2v) is 6.48. The van der Waals surface area contributed by atoms with Gasteiger partial charge in [0.15, 0.2) is 0 Å². The first-order chi connectivity index (χ1) is 10.7. The van der Waals surface area contributed by atoms with Crippen LogP contribution in [0.3, 0.4) is 0 Å². The van der Waals surface area contributed by atoms with Gasteiger partial charge in [-0.1, -0.05) is 15.9 Å². The molecule has 1 aromatic heterocycles. The van der Waals surface area contributed by atoms with Crippen LogP contribution in [0.1, 0.15) is 12.6 Å². The third-order valence-corrected chi connectivity index (χ3v) is 3.97. The van der Waals surface area contributed by atoms with Crippen molar-refractivity contribution in [1.29, 1.82) is 0 Å². The predicted molar refractivity (Wildman–Crippen MR) is 80.8 cm³/mol. The summed E-state index contributed by atoms with van der Waals surface area (Å²) in [5.41, 5.74) is -1.30. The Morgan fingerprint density at radius 2 is 2.22 bits per heavy atom. The molecule has 1 saturated heterocycles. The zero-order chi connectivity index (χ0) is 17.2. The first kappa shape index (κ1) is 18.3. The van der Waals surface area contributed by atoms with E-state index in [1.807, 2.05) is 0 Å². The Hall–Kier alpha value is -1.07. The monoisotopic (exact) mass is 412 g/mol. The summed E-state index contributed by atoms with van der Waals surface area (Å²) in [5.74, 6) is 0. The molecule has 0 aliphatic carbocycles. The molecule has 12 heteroatoms. The van der Waals surface area contributed by atoms with Crippen molar-refractivity contribution in [2.75, 3.05) is 0 Å². The number of aliphatic hydroxyl groups excluding tert-OH is 1. The Kier molecular flexibility index (Phi) is 5.74. The minimum atomic E-state index is -4.82. The molecule has 10 nitrogen and oxygen atoms in total. The van der Waals surface area contributed by atoms with E-state index in [0.29, 0.717) is 0 Å². The zero-order valence-electron chi connectivity index (χ0n) is 11.5. The highest BCUT2D eigenvalue weighted by atomic mass is 79.9. The van der Waals surface area contributed by atoms with Crippen LogP contribution in [0.15, 0.2) is 32.9 Å². The largest absolute Gasteiger partial charge is 0.470 e. The van der Waals surface area contributed by atoms with Gasteiger partial charge >= 0.3 is 13.5 Å². The highest BCUT2D eigenvalue weighted by Gasteiger charge is 2.42. The van der Waals surface area contributed by atoms with Gasteiger partial charge < -0.3 is 19.6 Å². The molecule has 0 unspecified atom stereocenters. The van der Waals surface area contributed by atoms with Gasteiger partial charge in [0.2, 0.25) is 0 Å². The lowest BCUT2D eigenvalue weighted by molar-refractivity contribution is -0.0665. The maximum atomic E-state index is 11.7. The Balaban J connectivity index is 2.23. The number of ether oxygens (including phenoxy) is 1. The fourth-order valence-corrected chi connectivity index (χ4v) is 3.04. The summed E-state index contributed by atoms with van der Waals surface area (Å²) in [6, 6.07) is 1.12. The maximum Gasteiger partial charge on any atom is 0.470 e. The number of aliphatic hydroxyl groups is 1. The topological polar surface area (TPSA) is 151 Å². The van der Waals surface area contributed by atoms with Gasteiger partial charge in [-0.3, -0.25) is 18.9 Å². The number of phosphoric ester groups is 1. The SMILES string of the molecule is O=c1ccn([C@H]2C[C@H](O)[C@@H]([C@H](/C=C/Br)OP(=O)(O)O)O2)c(=O)[nH]1. The number of H-pyrrole nitrogens is 1. The van der Waals surface area contributed by atoms with Crippen LogP contribution in [-0.4, -0.2) is 42.8 Å². The lowest BCUT2D eigenvalue weighted by Crippen LogP contribution is -2.35. The highest BCUT2D eigenvalue weighted by molar-refractivity contribution is 9.11. The zero-order valence-corrected chi connectivity index (χ0v) is 14.0. The molecule has 0 saturated carbocycles. The van der Waals surface area contributed by atoms with Gasteiger partial charge in [0.25, 0.3) is 5.56 Å². The van der Waals surface area contributed by atoms with Crippen molar-refractivity contribution < 1.29 is 28.7 Å². The first-order valence-corrected chi connectivity index (χ1v) is 8.81. The summed E-state index contributed by atoms with van der Waals surface area (Å²) in [6.07, 6.45) is -1.96. The van der Waals surface area contributed by atoms with Crippen LogP contribution in [0.2, 0.25) is 0 Å². The Labute approximate surface area is 137 Å². The van der Waals surface area contributed by atoms with Gasteiger partial charge in [-0.15, -0.1) is 0 Å². The van der Waals surface area contributed by atoms with Gasteiger partial charge in [0.05, 0.1) is 6.10 Å². The molecular weight excluding hydrogens is 399 g/mol. The van der Waals surface area contributed by atoms with Crippen molar-refractivity contribution in [3.8, 4) is 0 Å². The molecular formula is C11H14BrN2O8P. The number of rotatable bonds is 5. The second kappa shape index (κ2) is 7.22. The number of aromatic amines is 1. The summed E-state index contributed by atoms with van der Waals surface area (Å²) >= 11 is 2.96. The number of phosphoric acid groups is 1. The minimum Gasteiger partial charge on any atom is -0.390 e. The number of hydrogen-bond donors (Lipinski definition) is 4. The van der Waals surface area contributed by atoms with Gasteiger partial charge in [0.1, 0.15) is 18.4 Å². The molecule has 0 amide bonds. The molecule has 2 rings (SSSR count). The molecule has 1 aliphatic heterocycles. The van der Waals surface area contributed by atoms with Crippen LogP contribution < -0.4 is 11.2 Å². The van der Waals surface area contributed by atoms with Crippen molar-refractivity contribution in [2.24, 2.45) is 0 Å². The van der Waals surface area contributed by atoms with E-state index in [0.717, 1.165) is 10.6 Å². The lowest BCUT2D eigenvalue weighted by atomic mass is 10.1. The Bertz CT molecular complexity index is 740. The van der Waals surface area contributed by atoms with Gasteiger partial charge in [-0.2, -0.15) is 0 Å². The molecule has 1 aliphatic rings. The number of hydrogen-bond acceptors (Lipinski definition) is 6. The summed E-state index contributed by atoms with van der Waals surface area (Å²) in [6.45, 7) is 0. The van der Waals surface area contributed by atoms with E-state index in [-0.39, 0.29) is 6.42 Å². The van der Waals surface area contributed by atoms with E-state index >= 15 is 0 Å². The van der Waals surface area contributed by atoms with Crippen LogP contribution >= 0.6 is 23.8 Å². The quantitative estimate of drug-likeness (QED) is 0.475. The average molecular weight is 413 g/mol. The molecule has 0 aromatic carbocycles. The molecule has 1 fully saturated rings. The normalized spacial score (nSPS) is 26.7. The van der Waals surface area contributed by atoms with Crippen LogP contribution in [0.5, 0.6) is 0 Å². The molecule has 4 N–H and O–H groups in total. The van der Waals surface area contributed by atoms with Crippen molar-refractivity contribution in [3.63, 3.8) is 0 Å². The van der Waals surface area contributed by atoms with Crippen molar-refractivity contribution in [3.05, 3.63) is 44.2 Å². The van der Waals surface area contributed by atoms with Gasteiger partial charge in [-0.05, 0) is 11.1 Å². The third-order valence-electron chi connectivity index (χ3n) is 3.14. The van der Waals surface area contributed by atoms with Crippen LogP contribution in [0.25, 0.3) is 0 Å². The molecule has 0 spiro atoms. The molecule has 4 atom stereocenters. The summed E-state index contributed by atoms with van der Waals surface area (Å²) < 4.78 is 22.2. The lowest BCUT2D eigenvalue weighted by Gasteiger charge is -2.23. The van der Waals surface area contributed by atoms with E-state index in [1.165, 1.54) is 17.3 Å². The summed E-state index contributed by atoms with van der Waals surface area (Å²) in [7, 11) is -4.82. The fourth-order valence-electron chi connectivity index (χ4n) is 2.23. The van der Waals surface area contributed by atoms with E-state index < -0.39 is 43.6 Å². The van der Waals surface area contributed by atoms with E-state index in [9.17, 15) is 19.3 Å². The molecule has 128 valence electrons.